The summed E-state index contributed by atoms with van der Waals surface area (Å²) in [5.41, 5.74) is 0.0178. The zero-order chi connectivity index (χ0) is 16.5. The molecule has 2 heteroatoms. The van der Waals surface area contributed by atoms with Crippen LogP contribution in [-0.4, -0.2) is 16.5 Å². The molecule has 7 atom stereocenters. The summed E-state index contributed by atoms with van der Waals surface area (Å²) in [6, 6.07) is 0. The first-order chi connectivity index (χ1) is 10.8. The largest absolute Gasteiger partial charge is 0.390 e. The van der Waals surface area contributed by atoms with Crippen LogP contribution >= 0.6 is 0 Å². The van der Waals surface area contributed by atoms with E-state index in [9.17, 15) is 9.90 Å². The Morgan fingerprint density at radius 3 is 2.57 bits per heavy atom. The second-order valence-electron chi connectivity index (χ2n) is 9.86. The van der Waals surface area contributed by atoms with Crippen molar-refractivity contribution in [2.45, 2.75) is 90.6 Å². The average Bonchev–Trinajstić information content (AvgIpc) is 2.84. The first kappa shape index (κ1) is 16.1. The van der Waals surface area contributed by atoms with E-state index in [2.05, 4.69) is 20.8 Å². The molecule has 0 heterocycles. The van der Waals surface area contributed by atoms with Crippen LogP contribution in [0.1, 0.15) is 85.0 Å². The summed E-state index contributed by atoms with van der Waals surface area (Å²) in [4.78, 5) is 12.5. The molecule has 4 aliphatic rings. The van der Waals surface area contributed by atoms with Crippen LogP contribution in [0.2, 0.25) is 0 Å². The van der Waals surface area contributed by atoms with E-state index in [1.54, 1.807) is 0 Å². The molecule has 4 aliphatic carbocycles. The zero-order valence-electron chi connectivity index (χ0n) is 15.2. The van der Waals surface area contributed by atoms with Crippen molar-refractivity contribution in [3.05, 3.63) is 0 Å². The third-order valence-electron chi connectivity index (χ3n) is 9.19. The van der Waals surface area contributed by atoms with Gasteiger partial charge in [0, 0.05) is 11.8 Å². The van der Waals surface area contributed by atoms with Crippen molar-refractivity contribution >= 4 is 5.78 Å². The Labute approximate surface area is 141 Å². The lowest BCUT2D eigenvalue weighted by molar-refractivity contribution is -0.154. The Morgan fingerprint density at radius 1 is 1.04 bits per heavy atom. The number of aliphatic hydroxyl groups is 1. The number of carbonyl (C=O) groups excluding carboxylic acids is 1. The highest BCUT2D eigenvalue weighted by molar-refractivity contribution is 5.87. The van der Waals surface area contributed by atoms with Crippen molar-refractivity contribution in [1.29, 1.82) is 0 Å². The molecule has 0 aliphatic heterocycles. The molecule has 0 aromatic carbocycles. The smallest absolute Gasteiger partial charge is 0.139 e. The fourth-order valence-electron chi connectivity index (χ4n) is 7.41. The number of Topliss-reactive ketones (excluding diaryl/α,β-unsaturated/α-hetero) is 1. The summed E-state index contributed by atoms with van der Waals surface area (Å²) in [6.45, 7) is 6.95. The van der Waals surface area contributed by atoms with Gasteiger partial charge in [-0.05, 0) is 86.9 Å². The predicted octanol–water partition coefficient (Wildman–Crippen LogP) is 4.74. The van der Waals surface area contributed by atoms with Gasteiger partial charge in [0.2, 0.25) is 0 Å². The minimum atomic E-state index is -0.399. The molecule has 0 bridgehead atoms. The van der Waals surface area contributed by atoms with Gasteiger partial charge in [-0.2, -0.15) is 0 Å². The number of carbonyl (C=O) groups is 1. The molecular weight excluding hydrogens is 284 g/mol. The van der Waals surface area contributed by atoms with Crippen molar-refractivity contribution in [3.8, 4) is 0 Å². The van der Waals surface area contributed by atoms with E-state index in [1.807, 2.05) is 0 Å². The molecule has 0 radical (unpaired) electrons. The molecule has 0 aromatic heterocycles. The molecule has 0 aromatic rings. The summed E-state index contributed by atoms with van der Waals surface area (Å²) in [6.07, 6.45) is 11.0. The van der Waals surface area contributed by atoms with Crippen LogP contribution in [0.5, 0.6) is 0 Å². The molecule has 0 spiro atoms. The normalized spacial score (nSPS) is 55.9. The van der Waals surface area contributed by atoms with E-state index in [0.717, 1.165) is 50.4 Å². The van der Waals surface area contributed by atoms with E-state index < -0.39 is 5.60 Å². The molecule has 130 valence electrons. The van der Waals surface area contributed by atoms with Gasteiger partial charge in [0.25, 0.3) is 0 Å². The van der Waals surface area contributed by atoms with Crippen LogP contribution in [0.15, 0.2) is 0 Å². The molecule has 0 saturated heterocycles. The van der Waals surface area contributed by atoms with Gasteiger partial charge in [0.1, 0.15) is 5.78 Å². The zero-order valence-corrected chi connectivity index (χ0v) is 15.2. The average molecular weight is 319 g/mol. The van der Waals surface area contributed by atoms with Crippen LogP contribution in [0.3, 0.4) is 0 Å². The maximum atomic E-state index is 12.5. The van der Waals surface area contributed by atoms with Gasteiger partial charge in [0.15, 0.2) is 0 Å². The molecule has 4 rings (SSSR count). The standard InChI is InChI=1S/C21H34O2/c1-4-21(23)12-11-19(2)14(13-21)5-6-15-16-7-8-18(22)20(16,3)10-9-17(15)19/h14-17,23H,4-13H2,1-3H3/t14-,15-,16+,17-,19-,20-,21+/m0/s1. The fourth-order valence-corrected chi connectivity index (χ4v) is 7.41. The molecule has 0 amide bonds. The molecule has 23 heavy (non-hydrogen) atoms. The molecule has 0 unspecified atom stereocenters. The number of rotatable bonds is 1. The monoisotopic (exact) mass is 318 g/mol. The Bertz CT molecular complexity index is 514. The number of hydrogen-bond acceptors (Lipinski definition) is 2. The Balaban J connectivity index is 1.61. The van der Waals surface area contributed by atoms with Crippen molar-refractivity contribution in [2.75, 3.05) is 0 Å². The second-order valence-corrected chi connectivity index (χ2v) is 9.86. The second kappa shape index (κ2) is 5.07. The van der Waals surface area contributed by atoms with Crippen LogP contribution in [0.4, 0.5) is 0 Å². The van der Waals surface area contributed by atoms with Gasteiger partial charge < -0.3 is 5.11 Å². The number of hydrogen-bond donors (Lipinski definition) is 1. The number of fused-ring (bicyclic) bond motifs is 5. The summed E-state index contributed by atoms with van der Waals surface area (Å²) in [5.74, 6) is 3.47. The van der Waals surface area contributed by atoms with Gasteiger partial charge in [-0.1, -0.05) is 20.8 Å². The van der Waals surface area contributed by atoms with Gasteiger partial charge in [0.05, 0.1) is 5.60 Å². The van der Waals surface area contributed by atoms with Crippen molar-refractivity contribution in [3.63, 3.8) is 0 Å². The van der Waals surface area contributed by atoms with Gasteiger partial charge in [-0.25, -0.2) is 0 Å². The summed E-state index contributed by atoms with van der Waals surface area (Å²) in [7, 11) is 0. The fraction of sp³-hybridized carbons (Fsp3) is 0.952. The van der Waals surface area contributed by atoms with Crippen molar-refractivity contribution in [1.82, 2.24) is 0 Å². The van der Waals surface area contributed by atoms with Crippen LogP contribution in [0, 0.1) is 34.5 Å². The quantitative estimate of drug-likeness (QED) is 0.758. The predicted molar refractivity (Wildman–Crippen MR) is 92.0 cm³/mol. The minimum Gasteiger partial charge on any atom is -0.390 e. The highest BCUT2D eigenvalue weighted by Gasteiger charge is 2.61. The highest BCUT2D eigenvalue weighted by atomic mass is 16.3. The van der Waals surface area contributed by atoms with E-state index in [1.165, 1.54) is 25.7 Å². The Hall–Kier alpha value is -0.370. The number of ketones is 1. The molecule has 4 fully saturated rings. The first-order valence-electron chi connectivity index (χ1n) is 10.1. The van der Waals surface area contributed by atoms with Crippen molar-refractivity contribution in [2.24, 2.45) is 34.5 Å². The lowest BCUT2D eigenvalue weighted by atomic mass is 9.44. The van der Waals surface area contributed by atoms with Crippen LogP contribution in [-0.2, 0) is 4.79 Å². The SMILES string of the molecule is CC[C@@]1(O)CC[C@@]2(C)[C@@H](CC[C@H]3[C@H]4CCC(=O)[C@@]4(C)CC[C@@H]32)C1. The van der Waals surface area contributed by atoms with E-state index in [4.69, 9.17) is 0 Å². The van der Waals surface area contributed by atoms with E-state index >= 15 is 0 Å². The van der Waals surface area contributed by atoms with Crippen molar-refractivity contribution < 1.29 is 9.90 Å². The third kappa shape index (κ3) is 2.12. The minimum absolute atomic E-state index is 0.00316. The van der Waals surface area contributed by atoms with E-state index in [-0.39, 0.29) is 5.41 Å². The summed E-state index contributed by atoms with van der Waals surface area (Å²) < 4.78 is 0. The third-order valence-corrected chi connectivity index (χ3v) is 9.19. The Morgan fingerprint density at radius 2 is 1.83 bits per heavy atom. The highest BCUT2D eigenvalue weighted by Crippen LogP contribution is 2.66. The summed E-state index contributed by atoms with van der Waals surface area (Å²) in [5, 5.41) is 10.8. The Kier molecular flexibility index (Phi) is 3.55. The molecule has 1 N–H and O–H groups in total. The van der Waals surface area contributed by atoms with E-state index in [0.29, 0.717) is 23.0 Å². The molecular formula is C21H34O2. The van der Waals surface area contributed by atoms with Gasteiger partial charge >= 0.3 is 0 Å². The molecule has 4 saturated carbocycles. The van der Waals surface area contributed by atoms with Gasteiger partial charge in [-0.15, -0.1) is 0 Å². The first-order valence-corrected chi connectivity index (χ1v) is 10.1. The lowest BCUT2D eigenvalue weighted by Gasteiger charge is -2.61. The topological polar surface area (TPSA) is 37.3 Å². The molecule has 2 nitrogen and oxygen atoms in total. The van der Waals surface area contributed by atoms with Crippen LogP contribution in [0.25, 0.3) is 0 Å². The maximum absolute atomic E-state index is 12.5. The van der Waals surface area contributed by atoms with Crippen LogP contribution < -0.4 is 0 Å². The lowest BCUT2D eigenvalue weighted by Crippen LogP contribution is -2.55. The summed E-state index contributed by atoms with van der Waals surface area (Å²) >= 11 is 0. The maximum Gasteiger partial charge on any atom is 0.139 e. The van der Waals surface area contributed by atoms with Gasteiger partial charge in [-0.3, -0.25) is 4.79 Å².